The average molecular weight is 457 g/mol. The Morgan fingerprint density at radius 1 is 1.06 bits per heavy atom. The third kappa shape index (κ3) is 5.06. The minimum atomic E-state index is -4.39. The molecule has 33 heavy (non-hydrogen) atoms. The topological polar surface area (TPSA) is 37.8 Å². The number of hydrogen-bond donors (Lipinski definition) is 0. The molecule has 5 nitrogen and oxygen atoms in total. The van der Waals surface area contributed by atoms with Crippen molar-refractivity contribution in [2.75, 3.05) is 50.7 Å². The fourth-order valence-electron chi connectivity index (χ4n) is 3.92. The van der Waals surface area contributed by atoms with Crippen molar-refractivity contribution in [1.29, 1.82) is 0 Å². The molecule has 8 heteroatoms. The maximum absolute atomic E-state index is 13.2. The summed E-state index contributed by atoms with van der Waals surface area (Å²) in [7, 11) is 5.52. The van der Waals surface area contributed by atoms with Gasteiger partial charge in [-0.2, -0.15) is 13.2 Å². The molecule has 0 saturated carbocycles. The summed E-state index contributed by atoms with van der Waals surface area (Å²) in [6.07, 6.45) is -4.87. The molecule has 1 saturated heterocycles. The molecule has 1 aliphatic rings. The van der Waals surface area contributed by atoms with E-state index in [0.717, 1.165) is 28.7 Å². The van der Waals surface area contributed by atoms with Gasteiger partial charge in [-0.25, -0.2) is 4.98 Å². The van der Waals surface area contributed by atoms with Gasteiger partial charge in [0.2, 0.25) is 5.88 Å². The van der Waals surface area contributed by atoms with E-state index in [-0.39, 0.29) is 0 Å². The lowest BCUT2D eigenvalue weighted by Crippen LogP contribution is -2.38. The second kappa shape index (κ2) is 9.31. The van der Waals surface area contributed by atoms with Crippen molar-refractivity contribution in [1.82, 2.24) is 4.98 Å². The van der Waals surface area contributed by atoms with E-state index in [9.17, 15) is 13.2 Å². The number of halogens is 3. The number of rotatable bonds is 5. The Balaban J connectivity index is 1.66. The number of ether oxygens (including phenoxy) is 2. The first-order valence-corrected chi connectivity index (χ1v) is 10.6. The molecule has 1 fully saturated rings. The summed E-state index contributed by atoms with van der Waals surface area (Å²) in [6.45, 7) is 1.41. The van der Waals surface area contributed by atoms with Crippen LogP contribution in [0.5, 0.6) is 5.88 Å². The van der Waals surface area contributed by atoms with E-state index >= 15 is 0 Å². The molecule has 0 amide bonds. The number of anilines is 2. The van der Waals surface area contributed by atoms with Gasteiger partial charge in [0.1, 0.15) is 6.10 Å². The molecule has 4 rings (SSSR count). The van der Waals surface area contributed by atoms with Crippen LogP contribution < -0.4 is 14.5 Å². The van der Waals surface area contributed by atoms with Crippen LogP contribution >= 0.6 is 0 Å². The number of benzene rings is 2. The van der Waals surface area contributed by atoms with E-state index in [1.807, 2.05) is 49.3 Å². The lowest BCUT2D eigenvalue weighted by atomic mass is 10.0. The van der Waals surface area contributed by atoms with Gasteiger partial charge >= 0.3 is 6.18 Å². The van der Waals surface area contributed by atoms with E-state index < -0.39 is 17.8 Å². The molecule has 0 radical (unpaired) electrons. The highest BCUT2D eigenvalue weighted by Crippen LogP contribution is 2.36. The lowest BCUT2D eigenvalue weighted by molar-refractivity contribution is -0.137. The Morgan fingerprint density at radius 3 is 2.48 bits per heavy atom. The summed E-state index contributed by atoms with van der Waals surface area (Å²) < 4.78 is 50.8. The third-order valence-corrected chi connectivity index (χ3v) is 5.71. The van der Waals surface area contributed by atoms with Gasteiger partial charge in [0, 0.05) is 44.5 Å². The number of hydrogen-bond acceptors (Lipinski definition) is 5. The quantitative estimate of drug-likeness (QED) is 0.512. The molecule has 1 atom stereocenters. The molecule has 0 spiro atoms. The molecular formula is C25H26F3N3O2. The van der Waals surface area contributed by atoms with Crippen LogP contribution in [0.15, 0.2) is 60.7 Å². The highest BCUT2D eigenvalue weighted by molar-refractivity contribution is 5.77. The zero-order valence-electron chi connectivity index (χ0n) is 18.8. The van der Waals surface area contributed by atoms with Gasteiger partial charge < -0.3 is 19.3 Å². The minimum absolute atomic E-state index is 0.395. The van der Waals surface area contributed by atoms with Crippen molar-refractivity contribution in [2.45, 2.75) is 12.3 Å². The molecule has 2 aromatic carbocycles. The molecule has 2 heterocycles. The van der Waals surface area contributed by atoms with Crippen LogP contribution in [0.1, 0.15) is 17.2 Å². The van der Waals surface area contributed by atoms with Gasteiger partial charge in [0.05, 0.1) is 30.7 Å². The number of methoxy groups -OCH3 is 1. The predicted molar refractivity (Wildman–Crippen MR) is 123 cm³/mol. The van der Waals surface area contributed by atoms with Crippen molar-refractivity contribution >= 4 is 11.4 Å². The average Bonchev–Trinajstić information content (AvgIpc) is 2.83. The predicted octanol–water partition coefficient (Wildman–Crippen LogP) is 5.42. The first kappa shape index (κ1) is 22.9. The first-order valence-electron chi connectivity index (χ1n) is 10.6. The second-order valence-corrected chi connectivity index (χ2v) is 8.09. The first-order chi connectivity index (χ1) is 15.8. The highest BCUT2D eigenvalue weighted by Gasteiger charge is 2.32. The number of morpholine rings is 1. The fraction of sp³-hybridized carbons (Fsp3) is 0.320. The molecule has 1 aliphatic heterocycles. The van der Waals surface area contributed by atoms with Crippen LogP contribution in [0.4, 0.5) is 24.5 Å². The van der Waals surface area contributed by atoms with Crippen molar-refractivity contribution < 1.29 is 22.6 Å². The third-order valence-electron chi connectivity index (χ3n) is 5.71. The number of aromatic nitrogens is 1. The number of pyridine rings is 1. The standard InChI is InChI=1S/C25H26F3N3O2/c1-30(2)20-9-7-17(8-10-20)24-21(11-12-23(29-24)32-3)31-13-14-33-22(16-31)18-5-4-6-19(15-18)25(26,27)28/h4-12,15,22H,13-14,16H2,1-3H3. The van der Waals surface area contributed by atoms with Crippen LogP contribution in [0.25, 0.3) is 11.3 Å². The molecule has 1 aromatic heterocycles. The van der Waals surface area contributed by atoms with Crippen molar-refractivity contribution in [3.63, 3.8) is 0 Å². The molecule has 0 aliphatic carbocycles. The molecule has 1 unspecified atom stereocenters. The highest BCUT2D eigenvalue weighted by atomic mass is 19.4. The van der Waals surface area contributed by atoms with Crippen LogP contribution in [-0.2, 0) is 10.9 Å². The minimum Gasteiger partial charge on any atom is -0.481 e. The molecule has 174 valence electrons. The Kier molecular flexibility index (Phi) is 6.47. The van der Waals surface area contributed by atoms with Gasteiger partial charge in [-0.15, -0.1) is 0 Å². The van der Waals surface area contributed by atoms with Crippen molar-refractivity contribution in [3.05, 3.63) is 71.8 Å². The smallest absolute Gasteiger partial charge is 0.416 e. The number of alkyl halides is 3. The van der Waals surface area contributed by atoms with E-state index in [2.05, 4.69) is 9.88 Å². The summed E-state index contributed by atoms with van der Waals surface area (Å²) in [5.74, 6) is 0.494. The van der Waals surface area contributed by atoms with E-state index in [1.165, 1.54) is 12.1 Å². The Labute approximate surface area is 191 Å². The zero-order chi connectivity index (χ0) is 23.6. The summed E-state index contributed by atoms with van der Waals surface area (Å²) >= 11 is 0. The maximum atomic E-state index is 13.2. The second-order valence-electron chi connectivity index (χ2n) is 8.09. The van der Waals surface area contributed by atoms with Gasteiger partial charge in [0.15, 0.2) is 0 Å². The van der Waals surface area contributed by atoms with Gasteiger partial charge in [-0.1, -0.05) is 24.3 Å². The summed E-state index contributed by atoms with van der Waals surface area (Å²) in [6, 6.07) is 17.1. The maximum Gasteiger partial charge on any atom is 0.416 e. The normalized spacial score (nSPS) is 16.5. The summed E-state index contributed by atoms with van der Waals surface area (Å²) in [4.78, 5) is 8.81. The van der Waals surface area contributed by atoms with E-state index in [4.69, 9.17) is 9.47 Å². The monoisotopic (exact) mass is 457 g/mol. The van der Waals surface area contributed by atoms with Crippen molar-refractivity contribution in [3.8, 4) is 17.1 Å². The molecular weight excluding hydrogens is 431 g/mol. The SMILES string of the molecule is COc1ccc(N2CCOC(c3cccc(C(F)(F)F)c3)C2)c(-c2ccc(N(C)C)cc2)n1. The lowest BCUT2D eigenvalue weighted by Gasteiger charge is -2.35. The Hall–Kier alpha value is -3.26. The van der Waals surface area contributed by atoms with Gasteiger partial charge in [-0.3, -0.25) is 0 Å². The Bertz CT molecular complexity index is 1100. The number of nitrogens with zero attached hydrogens (tertiary/aromatic N) is 3. The zero-order valence-corrected chi connectivity index (χ0v) is 18.8. The van der Waals surface area contributed by atoms with Crippen LogP contribution in [-0.4, -0.2) is 45.9 Å². The van der Waals surface area contributed by atoms with Crippen LogP contribution in [0.2, 0.25) is 0 Å². The summed E-state index contributed by atoms with van der Waals surface area (Å²) in [5.41, 5.74) is 3.47. The van der Waals surface area contributed by atoms with Gasteiger partial charge in [-0.05, 0) is 35.9 Å². The largest absolute Gasteiger partial charge is 0.481 e. The molecule has 0 bridgehead atoms. The van der Waals surface area contributed by atoms with Gasteiger partial charge in [0.25, 0.3) is 0 Å². The fourth-order valence-corrected chi connectivity index (χ4v) is 3.92. The Morgan fingerprint density at radius 2 is 1.82 bits per heavy atom. The summed E-state index contributed by atoms with van der Waals surface area (Å²) in [5, 5.41) is 0. The molecule has 0 N–H and O–H groups in total. The van der Waals surface area contributed by atoms with Crippen LogP contribution in [0, 0.1) is 0 Å². The van der Waals surface area contributed by atoms with E-state index in [0.29, 0.717) is 31.1 Å². The van der Waals surface area contributed by atoms with Crippen molar-refractivity contribution in [2.24, 2.45) is 0 Å². The van der Waals surface area contributed by atoms with Crippen LogP contribution in [0.3, 0.4) is 0 Å². The molecule has 3 aromatic rings. The van der Waals surface area contributed by atoms with E-state index in [1.54, 1.807) is 19.2 Å².